The second-order valence-electron chi connectivity index (χ2n) is 11.8. The molecule has 2 bridgehead atoms. The number of carbonyl (C=O) groups is 4. The number of hydrogen-bond acceptors (Lipinski definition) is 9. The molecule has 10 atom stereocenters. The maximum Gasteiger partial charge on any atom is 0.303 e. The minimum Gasteiger partial charge on any atom is -0.459 e. The van der Waals surface area contributed by atoms with Crippen LogP contribution < -0.4 is 0 Å². The average Bonchev–Trinajstić information content (AvgIpc) is 2.88. The lowest BCUT2D eigenvalue weighted by Gasteiger charge is -2.68. The zero-order chi connectivity index (χ0) is 26.2. The molecule has 0 aliphatic heterocycles. The van der Waals surface area contributed by atoms with Gasteiger partial charge < -0.3 is 24.4 Å². The fraction of sp³-hybridized carbons (Fsp3) is 0.769. The van der Waals surface area contributed by atoms with Crippen molar-refractivity contribution < 1.29 is 43.6 Å². The van der Waals surface area contributed by atoms with E-state index in [1.807, 2.05) is 6.92 Å². The number of hydrogen-bond donors (Lipinski definition) is 2. The molecule has 194 valence electrons. The van der Waals surface area contributed by atoms with Crippen molar-refractivity contribution in [1.29, 1.82) is 0 Å². The Bertz CT molecular complexity index is 985. The topological polar surface area (TPSA) is 136 Å². The molecule has 9 nitrogen and oxygen atoms in total. The third kappa shape index (κ3) is 3.49. The average molecular weight is 493 g/mol. The smallest absolute Gasteiger partial charge is 0.303 e. The molecular formula is C26H36O9. The molecule has 4 aliphatic carbocycles. The lowest BCUT2D eigenvalue weighted by atomic mass is 9.38. The number of allylic oxidation sites excluding steroid dienone is 1. The largest absolute Gasteiger partial charge is 0.459 e. The predicted molar refractivity (Wildman–Crippen MR) is 121 cm³/mol. The molecule has 4 rings (SSSR count). The Morgan fingerprint density at radius 1 is 0.857 bits per heavy atom. The molecule has 0 radical (unpaired) electrons. The van der Waals surface area contributed by atoms with Gasteiger partial charge in [0.2, 0.25) is 0 Å². The molecule has 0 saturated heterocycles. The van der Waals surface area contributed by atoms with E-state index < -0.39 is 76.5 Å². The van der Waals surface area contributed by atoms with Gasteiger partial charge in [0, 0.05) is 38.0 Å². The van der Waals surface area contributed by atoms with Gasteiger partial charge >= 0.3 is 17.9 Å². The van der Waals surface area contributed by atoms with Crippen LogP contribution in [0.1, 0.15) is 60.8 Å². The van der Waals surface area contributed by atoms with Crippen LogP contribution in [0.2, 0.25) is 0 Å². The zero-order valence-electron chi connectivity index (χ0n) is 21.2. The van der Waals surface area contributed by atoms with Crippen LogP contribution in [0, 0.1) is 34.0 Å². The third-order valence-corrected chi connectivity index (χ3v) is 9.23. The molecule has 0 aromatic rings. The number of rotatable bonds is 3. The van der Waals surface area contributed by atoms with Gasteiger partial charge in [-0.1, -0.05) is 27.4 Å². The zero-order valence-corrected chi connectivity index (χ0v) is 21.2. The Balaban J connectivity index is 2.00. The molecule has 0 heterocycles. The second kappa shape index (κ2) is 8.13. The highest BCUT2D eigenvalue weighted by molar-refractivity contribution is 6.04. The number of aliphatic hydroxyl groups excluding tert-OH is 2. The number of ketones is 1. The molecular weight excluding hydrogens is 456 g/mol. The summed E-state index contributed by atoms with van der Waals surface area (Å²) in [6, 6.07) is 0. The number of Topliss-reactive ketones (excluding diaryl/α,β-unsaturated/α-hetero) is 1. The summed E-state index contributed by atoms with van der Waals surface area (Å²) in [5.41, 5.74) is -2.88. The number of ether oxygens (including phenoxy) is 3. The summed E-state index contributed by atoms with van der Waals surface area (Å²) in [4.78, 5) is 50.6. The van der Waals surface area contributed by atoms with Crippen LogP contribution in [0.4, 0.5) is 0 Å². The van der Waals surface area contributed by atoms with E-state index in [0.717, 1.165) is 0 Å². The first-order chi connectivity index (χ1) is 16.1. The predicted octanol–water partition coefficient (Wildman–Crippen LogP) is 1.72. The molecule has 35 heavy (non-hydrogen) atoms. The van der Waals surface area contributed by atoms with E-state index in [9.17, 15) is 29.4 Å². The van der Waals surface area contributed by atoms with Crippen molar-refractivity contribution in [3.05, 3.63) is 12.2 Å². The van der Waals surface area contributed by atoms with Crippen LogP contribution in [-0.4, -0.2) is 64.4 Å². The SMILES string of the molecule is C=C1C(=O)[C@]23C[C@H]1C[C@H](O)[C@H]2[C@]1(C)C[C@H](O)[C@H](OC(C)=O)C(C)(C)[C@H]1[C@@H](OC(C)=O)[C@@H]3OC(C)=O. The maximum atomic E-state index is 13.9. The van der Waals surface area contributed by atoms with Crippen molar-refractivity contribution in [3.63, 3.8) is 0 Å². The van der Waals surface area contributed by atoms with E-state index in [1.54, 1.807) is 13.8 Å². The summed E-state index contributed by atoms with van der Waals surface area (Å²) < 4.78 is 17.3. The first-order valence-corrected chi connectivity index (χ1v) is 12.2. The van der Waals surface area contributed by atoms with E-state index in [4.69, 9.17) is 14.2 Å². The van der Waals surface area contributed by atoms with Crippen LogP contribution in [0.25, 0.3) is 0 Å². The number of fused-ring (bicyclic) bond motifs is 3. The standard InChI is InChI=1S/C26H36O9/c1-11-15-8-16(30)19-25(7)10-17(31)22(34-13(3)28)24(5,6)20(25)18(33-12(2)27)23(35-14(4)29)26(19,9-15)21(11)32/h15-20,22-23,30-31H,1,8-10H2,2-7H3/t15-,16+,17+,18-,19+,20-,22+,23+,25+,26+/m1/s1. The summed E-state index contributed by atoms with van der Waals surface area (Å²) in [5.74, 6) is -3.72. The van der Waals surface area contributed by atoms with Crippen molar-refractivity contribution in [1.82, 2.24) is 0 Å². The number of esters is 3. The van der Waals surface area contributed by atoms with Gasteiger partial charge in [0.25, 0.3) is 0 Å². The van der Waals surface area contributed by atoms with Gasteiger partial charge in [-0.3, -0.25) is 19.2 Å². The van der Waals surface area contributed by atoms with Gasteiger partial charge in [0.05, 0.1) is 17.6 Å². The highest BCUT2D eigenvalue weighted by atomic mass is 16.6. The highest BCUT2D eigenvalue weighted by Crippen LogP contribution is 2.72. The number of aliphatic hydroxyl groups is 2. The first-order valence-electron chi connectivity index (χ1n) is 12.2. The van der Waals surface area contributed by atoms with Gasteiger partial charge in [0.1, 0.15) is 12.2 Å². The van der Waals surface area contributed by atoms with Crippen molar-refractivity contribution in [2.24, 2.45) is 34.0 Å². The normalized spacial score (nSPS) is 45.7. The molecule has 4 aliphatic rings. The monoisotopic (exact) mass is 492 g/mol. The number of carbonyl (C=O) groups excluding carboxylic acids is 4. The summed E-state index contributed by atoms with van der Waals surface area (Å²) in [7, 11) is 0. The molecule has 4 saturated carbocycles. The molecule has 4 fully saturated rings. The fourth-order valence-electron chi connectivity index (χ4n) is 8.70. The van der Waals surface area contributed by atoms with Crippen LogP contribution in [0.5, 0.6) is 0 Å². The van der Waals surface area contributed by atoms with Gasteiger partial charge in [0.15, 0.2) is 11.9 Å². The molecule has 0 aromatic heterocycles. The molecule has 0 unspecified atom stereocenters. The Hall–Kier alpha value is -2.26. The Morgan fingerprint density at radius 3 is 1.94 bits per heavy atom. The molecule has 9 heteroatoms. The highest BCUT2D eigenvalue weighted by Gasteiger charge is 2.78. The van der Waals surface area contributed by atoms with Crippen LogP contribution in [0.3, 0.4) is 0 Å². The van der Waals surface area contributed by atoms with Crippen molar-refractivity contribution in [3.8, 4) is 0 Å². The Kier molecular flexibility index (Phi) is 6.00. The van der Waals surface area contributed by atoms with Gasteiger partial charge in [-0.15, -0.1) is 0 Å². The lowest BCUT2D eigenvalue weighted by Crippen LogP contribution is -2.75. The van der Waals surface area contributed by atoms with Gasteiger partial charge in [-0.2, -0.15) is 0 Å². The Morgan fingerprint density at radius 2 is 1.40 bits per heavy atom. The van der Waals surface area contributed by atoms with Crippen LogP contribution in [0.15, 0.2) is 12.2 Å². The molecule has 2 N–H and O–H groups in total. The van der Waals surface area contributed by atoms with Crippen LogP contribution in [-0.2, 0) is 33.4 Å². The molecule has 0 amide bonds. The summed E-state index contributed by atoms with van der Waals surface area (Å²) in [5, 5.41) is 22.7. The fourth-order valence-corrected chi connectivity index (χ4v) is 8.70. The lowest BCUT2D eigenvalue weighted by molar-refractivity contribution is -0.299. The van der Waals surface area contributed by atoms with Crippen LogP contribution >= 0.6 is 0 Å². The van der Waals surface area contributed by atoms with E-state index in [0.29, 0.717) is 18.4 Å². The van der Waals surface area contributed by atoms with E-state index >= 15 is 0 Å². The van der Waals surface area contributed by atoms with Crippen molar-refractivity contribution in [2.45, 2.75) is 91.3 Å². The maximum absolute atomic E-state index is 13.9. The minimum atomic E-state index is -1.35. The summed E-state index contributed by atoms with van der Waals surface area (Å²) in [6.45, 7) is 13.2. The van der Waals surface area contributed by atoms with E-state index in [2.05, 4.69) is 6.58 Å². The van der Waals surface area contributed by atoms with Crippen molar-refractivity contribution >= 4 is 23.7 Å². The first kappa shape index (κ1) is 25.8. The summed E-state index contributed by atoms with van der Waals surface area (Å²) >= 11 is 0. The second-order valence-corrected chi connectivity index (χ2v) is 11.8. The molecule has 0 aromatic carbocycles. The van der Waals surface area contributed by atoms with Crippen molar-refractivity contribution in [2.75, 3.05) is 0 Å². The summed E-state index contributed by atoms with van der Waals surface area (Å²) in [6.07, 6.45) is -4.46. The third-order valence-electron chi connectivity index (χ3n) is 9.23. The van der Waals surface area contributed by atoms with Gasteiger partial charge in [-0.25, -0.2) is 0 Å². The van der Waals surface area contributed by atoms with Gasteiger partial charge in [-0.05, 0) is 36.2 Å². The van der Waals surface area contributed by atoms with E-state index in [-0.39, 0.29) is 18.1 Å². The van der Waals surface area contributed by atoms with E-state index in [1.165, 1.54) is 20.8 Å². The quantitative estimate of drug-likeness (QED) is 0.343. The minimum absolute atomic E-state index is 0.0947. The molecule has 1 spiro atoms. The Labute approximate surface area is 205 Å².